The fourth-order valence-corrected chi connectivity index (χ4v) is 1.73. The van der Waals surface area contributed by atoms with Crippen molar-refractivity contribution in [3.05, 3.63) is 59.6 Å². The first-order valence-electron chi connectivity index (χ1n) is 6.88. The van der Waals surface area contributed by atoms with E-state index in [1.54, 1.807) is 24.5 Å². The number of rotatable bonds is 6. The van der Waals surface area contributed by atoms with Gasteiger partial charge in [-0.3, -0.25) is 4.79 Å². The molecule has 1 amide bonds. The second-order valence-electron chi connectivity index (χ2n) is 4.67. The molecule has 0 radical (unpaired) electrons. The summed E-state index contributed by atoms with van der Waals surface area (Å²) in [7, 11) is 0. The van der Waals surface area contributed by atoms with E-state index in [1.165, 1.54) is 6.21 Å². The number of benzene rings is 1. The van der Waals surface area contributed by atoms with Gasteiger partial charge in [0.05, 0.1) is 6.26 Å². The minimum absolute atomic E-state index is 0.0798. The lowest BCUT2D eigenvalue weighted by Crippen LogP contribution is -2.24. The van der Waals surface area contributed by atoms with Crippen molar-refractivity contribution < 1.29 is 13.9 Å². The van der Waals surface area contributed by atoms with Crippen LogP contribution in [0.5, 0.6) is 5.75 Å². The van der Waals surface area contributed by atoms with Crippen LogP contribution in [-0.4, -0.2) is 18.7 Å². The van der Waals surface area contributed by atoms with Gasteiger partial charge in [-0.2, -0.15) is 5.10 Å². The molecule has 1 aromatic carbocycles. The summed E-state index contributed by atoms with van der Waals surface area (Å²) < 4.78 is 10.6. The molecular weight excluding hydrogens is 280 g/mol. The van der Waals surface area contributed by atoms with Crippen molar-refractivity contribution in [1.82, 2.24) is 5.43 Å². The Kier molecular flexibility index (Phi) is 5.54. The van der Waals surface area contributed by atoms with E-state index in [4.69, 9.17) is 9.15 Å². The summed E-state index contributed by atoms with van der Waals surface area (Å²) in [5.74, 6) is 1.11. The summed E-state index contributed by atoms with van der Waals surface area (Å²) >= 11 is 0. The number of hydrazone groups is 1. The number of hydrogen-bond acceptors (Lipinski definition) is 4. The lowest BCUT2D eigenvalue weighted by molar-refractivity contribution is -0.123. The molecule has 0 aliphatic rings. The van der Waals surface area contributed by atoms with Gasteiger partial charge in [-0.25, -0.2) is 5.43 Å². The molecule has 0 fully saturated rings. The van der Waals surface area contributed by atoms with E-state index in [-0.39, 0.29) is 12.5 Å². The van der Waals surface area contributed by atoms with Gasteiger partial charge < -0.3 is 9.15 Å². The van der Waals surface area contributed by atoms with E-state index < -0.39 is 0 Å². The van der Waals surface area contributed by atoms with Crippen molar-refractivity contribution >= 4 is 18.2 Å². The number of nitrogens with one attached hydrogen (secondary N) is 1. The van der Waals surface area contributed by atoms with E-state index in [0.29, 0.717) is 5.75 Å². The topological polar surface area (TPSA) is 63.8 Å². The van der Waals surface area contributed by atoms with Crippen LogP contribution in [0.3, 0.4) is 0 Å². The van der Waals surface area contributed by atoms with Crippen molar-refractivity contribution in [3.63, 3.8) is 0 Å². The minimum Gasteiger partial charge on any atom is -0.483 e. The van der Waals surface area contributed by atoms with Gasteiger partial charge in [0.1, 0.15) is 11.5 Å². The highest BCUT2D eigenvalue weighted by atomic mass is 16.5. The Balaban J connectivity index is 1.75. The fraction of sp³-hybridized carbons (Fsp3) is 0.176. The first-order chi connectivity index (χ1) is 10.7. The molecule has 2 aromatic rings. The predicted molar refractivity (Wildman–Crippen MR) is 85.8 cm³/mol. The van der Waals surface area contributed by atoms with Crippen molar-refractivity contribution in [1.29, 1.82) is 0 Å². The molecule has 0 aliphatic carbocycles. The molecule has 114 valence electrons. The Hall–Kier alpha value is -2.82. The Labute approximate surface area is 129 Å². The molecule has 0 unspecified atom stereocenters. The summed E-state index contributed by atoms with van der Waals surface area (Å²) in [5.41, 5.74) is 4.54. The molecule has 5 heteroatoms. The third-order valence-electron chi connectivity index (χ3n) is 3.07. The molecule has 1 heterocycles. The van der Waals surface area contributed by atoms with E-state index in [0.717, 1.165) is 16.9 Å². The van der Waals surface area contributed by atoms with Crippen molar-refractivity contribution in [2.45, 2.75) is 13.8 Å². The number of ether oxygens (including phenoxy) is 1. The fourth-order valence-electron chi connectivity index (χ4n) is 1.73. The van der Waals surface area contributed by atoms with Gasteiger partial charge in [0.15, 0.2) is 6.61 Å². The molecule has 1 aromatic heterocycles. The number of allylic oxidation sites excluding steroid dienone is 1. The Morgan fingerprint density at radius 1 is 1.32 bits per heavy atom. The summed E-state index contributed by atoms with van der Waals surface area (Å²) in [4.78, 5) is 11.6. The minimum atomic E-state index is -0.316. The van der Waals surface area contributed by atoms with Gasteiger partial charge in [-0.05, 0) is 55.3 Å². The first kappa shape index (κ1) is 15.6. The highest BCUT2D eigenvalue weighted by Crippen LogP contribution is 2.20. The van der Waals surface area contributed by atoms with Crippen LogP contribution in [0.25, 0.3) is 6.08 Å². The average Bonchev–Trinajstić information content (AvgIpc) is 3.02. The number of furan rings is 1. The maximum atomic E-state index is 11.6. The number of hydrogen-bond donors (Lipinski definition) is 1. The molecule has 0 aliphatic heterocycles. The third-order valence-corrected chi connectivity index (χ3v) is 3.07. The molecule has 2 rings (SSSR count). The standard InChI is InChI=1S/C17H18N2O3/c1-13-6-3-9-16(14(13)2)22-12-17(20)19-18-10-4-7-15-8-5-11-21-15/h3-11H,12H2,1-2H3,(H,19,20)/b7-4+,18-10-. The SMILES string of the molecule is Cc1cccc(OCC(=O)N/N=C\C=C\c2ccco2)c1C. The van der Waals surface area contributed by atoms with Crippen LogP contribution in [0.2, 0.25) is 0 Å². The van der Waals surface area contributed by atoms with Crippen LogP contribution >= 0.6 is 0 Å². The molecule has 22 heavy (non-hydrogen) atoms. The molecule has 5 nitrogen and oxygen atoms in total. The number of amides is 1. The number of carbonyl (C=O) groups is 1. The monoisotopic (exact) mass is 298 g/mol. The number of aryl methyl sites for hydroxylation is 1. The van der Waals surface area contributed by atoms with Crippen LogP contribution in [0.4, 0.5) is 0 Å². The predicted octanol–water partition coefficient (Wildman–Crippen LogP) is 3.09. The van der Waals surface area contributed by atoms with E-state index in [1.807, 2.05) is 38.1 Å². The molecule has 0 bridgehead atoms. The summed E-state index contributed by atoms with van der Waals surface area (Å²) in [6, 6.07) is 9.35. The highest BCUT2D eigenvalue weighted by molar-refractivity contribution is 5.81. The third kappa shape index (κ3) is 4.63. The lowest BCUT2D eigenvalue weighted by Gasteiger charge is -2.09. The summed E-state index contributed by atoms with van der Waals surface area (Å²) in [5, 5.41) is 3.79. The van der Waals surface area contributed by atoms with Gasteiger partial charge >= 0.3 is 0 Å². The molecule has 0 spiro atoms. The van der Waals surface area contributed by atoms with Gasteiger partial charge in [0.2, 0.25) is 0 Å². The molecule has 0 saturated heterocycles. The van der Waals surface area contributed by atoms with E-state index in [9.17, 15) is 4.79 Å². The Morgan fingerprint density at radius 2 is 2.18 bits per heavy atom. The van der Waals surface area contributed by atoms with Gasteiger partial charge in [-0.15, -0.1) is 0 Å². The zero-order valence-electron chi connectivity index (χ0n) is 12.6. The zero-order chi connectivity index (χ0) is 15.8. The maximum Gasteiger partial charge on any atom is 0.277 e. The molecule has 0 saturated carbocycles. The van der Waals surface area contributed by atoms with Crippen LogP contribution in [0, 0.1) is 13.8 Å². The normalized spacial score (nSPS) is 11.2. The molecular formula is C17H18N2O3. The first-order valence-corrected chi connectivity index (χ1v) is 6.88. The van der Waals surface area contributed by atoms with Crippen LogP contribution < -0.4 is 10.2 Å². The van der Waals surface area contributed by atoms with Crippen LogP contribution in [0.15, 0.2) is 52.2 Å². The van der Waals surface area contributed by atoms with Gasteiger partial charge in [0, 0.05) is 6.21 Å². The van der Waals surface area contributed by atoms with Gasteiger partial charge in [-0.1, -0.05) is 12.1 Å². The lowest BCUT2D eigenvalue weighted by atomic mass is 10.1. The van der Waals surface area contributed by atoms with E-state index >= 15 is 0 Å². The van der Waals surface area contributed by atoms with Crippen LogP contribution in [-0.2, 0) is 4.79 Å². The second kappa shape index (κ2) is 7.83. The Morgan fingerprint density at radius 3 is 2.95 bits per heavy atom. The summed E-state index contributed by atoms with van der Waals surface area (Å²) in [6.45, 7) is 3.88. The largest absolute Gasteiger partial charge is 0.483 e. The summed E-state index contributed by atoms with van der Waals surface area (Å²) in [6.07, 6.45) is 6.47. The van der Waals surface area contributed by atoms with E-state index in [2.05, 4.69) is 10.5 Å². The van der Waals surface area contributed by atoms with Gasteiger partial charge in [0.25, 0.3) is 5.91 Å². The Bertz CT molecular complexity index is 673. The van der Waals surface area contributed by atoms with Crippen LogP contribution in [0.1, 0.15) is 16.9 Å². The second-order valence-corrected chi connectivity index (χ2v) is 4.67. The smallest absolute Gasteiger partial charge is 0.277 e. The maximum absolute atomic E-state index is 11.6. The molecule has 1 N–H and O–H groups in total. The highest BCUT2D eigenvalue weighted by Gasteiger charge is 2.04. The van der Waals surface area contributed by atoms with Crippen molar-refractivity contribution in [2.24, 2.45) is 5.10 Å². The van der Waals surface area contributed by atoms with Crippen molar-refractivity contribution in [2.75, 3.05) is 6.61 Å². The quantitative estimate of drug-likeness (QED) is 0.658. The van der Waals surface area contributed by atoms with Crippen molar-refractivity contribution in [3.8, 4) is 5.75 Å². The zero-order valence-corrected chi connectivity index (χ0v) is 12.6. The number of nitrogens with zero attached hydrogens (tertiary/aromatic N) is 1. The number of carbonyl (C=O) groups excluding carboxylic acids is 1. The molecule has 0 atom stereocenters. The average molecular weight is 298 g/mol.